The first-order valence-electron chi connectivity index (χ1n) is 8.95. The van der Waals surface area contributed by atoms with Crippen LogP contribution >= 0.6 is 23.1 Å². The van der Waals surface area contributed by atoms with Gasteiger partial charge in [0.25, 0.3) is 0 Å². The average molecular weight is 419 g/mol. The van der Waals surface area contributed by atoms with E-state index in [1.807, 2.05) is 49.6 Å². The SMILES string of the molecule is CCc1nnc(NC(=O)CSc2nnc(COc3ccc(C)cc3)n2CC)s1. The second-order valence-corrected chi connectivity index (χ2v) is 7.94. The molecular weight excluding hydrogens is 396 g/mol. The fourth-order valence-corrected chi connectivity index (χ4v) is 3.88. The van der Waals surface area contributed by atoms with Gasteiger partial charge in [-0.15, -0.1) is 20.4 Å². The first-order chi connectivity index (χ1) is 13.6. The van der Waals surface area contributed by atoms with Gasteiger partial charge in [0.15, 0.2) is 11.0 Å². The first kappa shape index (κ1) is 20.3. The fraction of sp³-hybridized carbons (Fsp3) is 0.389. The molecule has 0 saturated carbocycles. The van der Waals surface area contributed by atoms with Gasteiger partial charge in [0.2, 0.25) is 11.0 Å². The monoisotopic (exact) mass is 418 g/mol. The molecule has 0 fully saturated rings. The van der Waals surface area contributed by atoms with Crippen molar-refractivity contribution in [3.63, 3.8) is 0 Å². The lowest BCUT2D eigenvalue weighted by atomic mass is 10.2. The maximum absolute atomic E-state index is 12.2. The van der Waals surface area contributed by atoms with Crippen LogP contribution in [0.5, 0.6) is 5.75 Å². The number of carbonyl (C=O) groups is 1. The molecule has 3 aromatic rings. The molecule has 0 spiro atoms. The van der Waals surface area contributed by atoms with E-state index in [-0.39, 0.29) is 11.7 Å². The molecule has 148 valence electrons. The highest BCUT2D eigenvalue weighted by Crippen LogP contribution is 2.20. The number of ether oxygens (including phenoxy) is 1. The number of nitrogens with zero attached hydrogens (tertiary/aromatic N) is 5. The Kier molecular flexibility index (Phi) is 6.99. The number of anilines is 1. The summed E-state index contributed by atoms with van der Waals surface area (Å²) in [5.74, 6) is 1.58. The Morgan fingerprint density at radius 3 is 2.64 bits per heavy atom. The summed E-state index contributed by atoms with van der Waals surface area (Å²) >= 11 is 2.72. The van der Waals surface area contributed by atoms with E-state index in [1.54, 1.807) is 0 Å². The third kappa shape index (κ3) is 5.29. The van der Waals surface area contributed by atoms with E-state index in [0.29, 0.717) is 23.4 Å². The molecule has 0 aliphatic carbocycles. The van der Waals surface area contributed by atoms with E-state index in [4.69, 9.17) is 4.74 Å². The highest BCUT2D eigenvalue weighted by molar-refractivity contribution is 7.99. The number of hydrogen-bond donors (Lipinski definition) is 1. The topological polar surface area (TPSA) is 94.8 Å². The summed E-state index contributed by atoms with van der Waals surface area (Å²) < 4.78 is 7.75. The lowest BCUT2D eigenvalue weighted by Crippen LogP contribution is -2.14. The Labute approximate surface area is 171 Å². The van der Waals surface area contributed by atoms with Crippen LogP contribution in [0.2, 0.25) is 0 Å². The summed E-state index contributed by atoms with van der Waals surface area (Å²) in [5, 5.41) is 21.2. The van der Waals surface area contributed by atoms with Gasteiger partial charge in [-0.1, -0.05) is 47.7 Å². The minimum absolute atomic E-state index is 0.146. The van der Waals surface area contributed by atoms with Crippen LogP contribution in [0.15, 0.2) is 29.4 Å². The van der Waals surface area contributed by atoms with Crippen molar-refractivity contribution >= 4 is 34.1 Å². The maximum Gasteiger partial charge on any atom is 0.236 e. The van der Waals surface area contributed by atoms with Gasteiger partial charge < -0.3 is 9.30 Å². The van der Waals surface area contributed by atoms with Gasteiger partial charge in [-0.2, -0.15) is 0 Å². The van der Waals surface area contributed by atoms with Crippen LogP contribution in [0.25, 0.3) is 0 Å². The van der Waals surface area contributed by atoms with Crippen LogP contribution in [0.3, 0.4) is 0 Å². The van der Waals surface area contributed by atoms with Crippen molar-refractivity contribution in [1.82, 2.24) is 25.0 Å². The molecule has 10 heteroatoms. The summed E-state index contributed by atoms with van der Waals surface area (Å²) in [6.07, 6.45) is 0.801. The smallest absolute Gasteiger partial charge is 0.236 e. The van der Waals surface area contributed by atoms with Crippen molar-refractivity contribution in [2.45, 2.75) is 45.5 Å². The molecule has 2 heterocycles. The van der Waals surface area contributed by atoms with Crippen LogP contribution in [0.1, 0.15) is 30.2 Å². The third-order valence-corrected chi connectivity index (χ3v) is 5.80. The molecule has 0 bridgehead atoms. The zero-order valence-electron chi connectivity index (χ0n) is 16.0. The lowest BCUT2D eigenvalue weighted by molar-refractivity contribution is -0.113. The van der Waals surface area contributed by atoms with Gasteiger partial charge in [-0.05, 0) is 32.4 Å². The van der Waals surface area contributed by atoms with Crippen molar-refractivity contribution < 1.29 is 9.53 Å². The first-order valence-corrected chi connectivity index (χ1v) is 10.8. The number of hydrogen-bond acceptors (Lipinski definition) is 8. The Hall–Kier alpha value is -2.46. The lowest BCUT2D eigenvalue weighted by Gasteiger charge is -2.09. The minimum atomic E-state index is -0.146. The van der Waals surface area contributed by atoms with E-state index < -0.39 is 0 Å². The highest BCUT2D eigenvalue weighted by atomic mass is 32.2. The van der Waals surface area contributed by atoms with Gasteiger partial charge in [-0.25, -0.2) is 0 Å². The van der Waals surface area contributed by atoms with Crippen molar-refractivity contribution in [2.75, 3.05) is 11.1 Å². The number of amides is 1. The van der Waals surface area contributed by atoms with Crippen molar-refractivity contribution in [3.8, 4) is 5.75 Å². The van der Waals surface area contributed by atoms with Crippen molar-refractivity contribution in [3.05, 3.63) is 40.7 Å². The Morgan fingerprint density at radius 2 is 1.96 bits per heavy atom. The second-order valence-electron chi connectivity index (χ2n) is 5.94. The zero-order valence-corrected chi connectivity index (χ0v) is 17.6. The number of aryl methyl sites for hydroxylation is 2. The van der Waals surface area contributed by atoms with E-state index in [0.717, 1.165) is 23.0 Å². The molecule has 0 aliphatic rings. The van der Waals surface area contributed by atoms with Gasteiger partial charge in [0.1, 0.15) is 17.4 Å². The van der Waals surface area contributed by atoms with Crippen molar-refractivity contribution in [2.24, 2.45) is 0 Å². The Morgan fingerprint density at radius 1 is 1.18 bits per heavy atom. The zero-order chi connectivity index (χ0) is 19.9. The maximum atomic E-state index is 12.2. The number of thioether (sulfide) groups is 1. The minimum Gasteiger partial charge on any atom is -0.486 e. The van der Waals surface area contributed by atoms with Gasteiger partial charge in [-0.3, -0.25) is 10.1 Å². The molecular formula is C18H22N6O2S2. The van der Waals surface area contributed by atoms with E-state index in [9.17, 15) is 4.79 Å². The number of nitrogens with one attached hydrogen (secondary N) is 1. The molecule has 8 nitrogen and oxygen atoms in total. The molecule has 1 amide bonds. The molecule has 3 rings (SSSR count). The standard InChI is InChI=1S/C18H22N6O2S2/c1-4-16-21-22-17(28-16)19-15(25)11-27-18-23-20-14(24(18)5-2)10-26-13-8-6-12(3)7-9-13/h6-9H,4-5,10-11H2,1-3H3,(H,19,22,25). The van der Waals surface area contributed by atoms with E-state index in [1.165, 1.54) is 28.7 Å². The summed E-state index contributed by atoms with van der Waals surface area (Å²) in [6, 6.07) is 7.86. The molecule has 28 heavy (non-hydrogen) atoms. The number of benzene rings is 1. The molecule has 0 saturated heterocycles. The fourth-order valence-electron chi connectivity index (χ4n) is 2.37. The van der Waals surface area contributed by atoms with Crippen LogP contribution in [0, 0.1) is 6.92 Å². The van der Waals surface area contributed by atoms with Gasteiger partial charge in [0.05, 0.1) is 5.75 Å². The second kappa shape index (κ2) is 9.65. The molecule has 2 aromatic heterocycles. The van der Waals surface area contributed by atoms with Gasteiger partial charge >= 0.3 is 0 Å². The molecule has 1 aromatic carbocycles. The average Bonchev–Trinajstić information content (AvgIpc) is 3.32. The molecule has 1 N–H and O–H groups in total. The van der Waals surface area contributed by atoms with Crippen LogP contribution < -0.4 is 10.1 Å². The quantitative estimate of drug-likeness (QED) is 0.533. The highest BCUT2D eigenvalue weighted by Gasteiger charge is 2.14. The van der Waals surface area contributed by atoms with Crippen LogP contribution in [-0.2, 0) is 24.4 Å². The van der Waals surface area contributed by atoms with Crippen molar-refractivity contribution in [1.29, 1.82) is 0 Å². The Balaban J connectivity index is 1.55. The molecule has 0 atom stereocenters. The molecule has 0 radical (unpaired) electrons. The predicted octanol–water partition coefficient (Wildman–Crippen LogP) is 3.33. The summed E-state index contributed by atoms with van der Waals surface area (Å²) in [7, 11) is 0. The Bertz CT molecular complexity index is 923. The number of aromatic nitrogens is 5. The summed E-state index contributed by atoms with van der Waals surface area (Å²) in [5.41, 5.74) is 1.18. The van der Waals surface area contributed by atoms with Crippen LogP contribution in [0.4, 0.5) is 5.13 Å². The van der Waals surface area contributed by atoms with Crippen LogP contribution in [-0.4, -0.2) is 36.6 Å². The van der Waals surface area contributed by atoms with E-state index >= 15 is 0 Å². The third-order valence-electron chi connectivity index (χ3n) is 3.85. The van der Waals surface area contributed by atoms with E-state index in [2.05, 4.69) is 25.7 Å². The predicted molar refractivity (Wildman–Crippen MR) is 110 cm³/mol. The molecule has 0 aliphatic heterocycles. The number of carbonyl (C=O) groups excluding carboxylic acids is 1. The number of rotatable bonds is 9. The largest absolute Gasteiger partial charge is 0.486 e. The summed E-state index contributed by atoms with van der Waals surface area (Å²) in [4.78, 5) is 12.2. The van der Waals surface area contributed by atoms with Gasteiger partial charge in [0, 0.05) is 6.54 Å². The molecule has 0 unspecified atom stereocenters. The normalized spacial score (nSPS) is 10.8. The summed E-state index contributed by atoms with van der Waals surface area (Å²) in [6.45, 7) is 7.06.